The SMILES string of the molecule is CCCCCN(C)C=O.N#Cc1ccccc1Sc1cc(-c2cn[nH]c2)cn2ncc(C#N)c12. The number of nitrogens with one attached hydrogen (secondary N) is 1. The van der Waals surface area contributed by atoms with Gasteiger partial charge < -0.3 is 4.90 Å². The molecule has 3 aromatic heterocycles. The first-order valence-electron chi connectivity index (χ1n) is 10.8. The fourth-order valence-electron chi connectivity index (χ4n) is 3.24. The average molecular weight is 472 g/mol. The number of carbonyl (C=O) groups is 1. The summed E-state index contributed by atoms with van der Waals surface area (Å²) >= 11 is 1.45. The molecular weight excluding hydrogens is 446 g/mol. The standard InChI is InChI=1S/C18H10N6S.C7H15NO/c19-6-12-3-1-2-4-16(12)25-17-5-13(15-8-21-22-9-15)11-24-18(17)14(7-20)10-23-24;1-3-4-5-6-8(2)7-9/h1-5,8-11H,(H,21,22);7H,3-6H2,1-2H3. The number of hydrogen-bond acceptors (Lipinski definition) is 6. The number of hydrogen-bond donors (Lipinski definition) is 1. The second kappa shape index (κ2) is 12.2. The van der Waals surface area contributed by atoms with Crippen LogP contribution in [0.3, 0.4) is 0 Å². The van der Waals surface area contributed by atoms with Gasteiger partial charge in [0, 0.05) is 46.9 Å². The number of rotatable bonds is 8. The van der Waals surface area contributed by atoms with Gasteiger partial charge in [0.25, 0.3) is 0 Å². The van der Waals surface area contributed by atoms with Crippen molar-refractivity contribution in [3.05, 3.63) is 66.2 Å². The molecule has 0 bridgehead atoms. The van der Waals surface area contributed by atoms with Crippen molar-refractivity contribution in [2.24, 2.45) is 0 Å². The second-order valence-electron chi connectivity index (χ2n) is 7.55. The van der Waals surface area contributed by atoms with E-state index in [0.717, 1.165) is 45.8 Å². The Bertz CT molecular complexity index is 1320. The molecule has 3 heterocycles. The maximum atomic E-state index is 10.0. The quantitative estimate of drug-likeness (QED) is 0.289. The predicted molar refractivity (Wildman–Crippen MR) is 131 cm³/mol. The van der Waals surface area contributed by atoms with Crippen LogP contribution in [-0.4, -0.2) is 44.7 Å². The maximum absolute atomic E-state index is 10.0. The lowest BCUT2D eigenvalue weighted by molar-refractivity contribution is -0.117. The highest BCUT2D eigenvalue weighted by Gasteiger charge is 2.15. The van der Waals surface area contributed by atoms with Gasteiger partial charge in [-0.25, -0.2) is 4.52 Å². The zero-order valence-corrected chi connectivity index (χ0v) is 19.9. The highest BCUT2D eigenvalue weighted by Crippen LogP contribution is 2.36. The van der Waals surface area contributed by atoms with Crippen LogP contribution in [0.1, 0.15) is 37.3 Å². The molecular formula is C25H25N7OS. The molecule has 0 saturated carbocycles. The van der Waals surface area contributed by atoms with Crippen LogP contribution < -0.4 is 0 Å². The Morgan fingerprint density at radius 3 is 2.59 bits per heavy atom. The van der Waals surface area contributed by atoms with E-state index < -0.39 is 0 Å². The molecule has 0 spiro atoms. The van der Waals surface area contributed by atoms with Gasteiger partial charge in [0.05, 0.1) is 29.0 Å². The minimum absolute atomic E-state index is 0.496. The first-order chi connectivity index (χ1) is 16.6. The van der Waals surface area contributed by atoms with E-state index in [0.29, 0.717) is 11.1 Å². The van der Waals surface area contributed by atoms with Gasteiger partial charge in [-0.3, -0.25) is 9.89 Å². The van der Waals surface area contributed by atoms with Gasteiger partial charge in [0.15, 0.2) is 0 Å². The molecule has 9 heteroatoms. The summed E-state index contributed by atoms with van der Waals surface area (Å²) in [6.45, 7) is 3.05. The van der Waals surface area contributed by atoms with Crippen LogP contribution in [0.15, 0.2) is 64.9 Å². The summed E-state index contributed by atoms with van der Waals surface area (Å²) in [5, 5.41) is 29.8. The van der Waals surface area contributed by atoms with Crippen molar-refractivity contribution in [2.45, 2.75) is 36.0 Å². The van der Waals surface area contributed by atoms with Crippen LogP contribution >= 0.6 is 11.8 Å². The van der Waals surface area contributed by atoms with E-state index in [1.807, 2.05) is 37.5 Å². The van der Waals surface area contributed by atoms with Crippen molar-refractivity contribution in [3.8, 4) is 23.3 Å². The van der Waals surface area contributed by atoms with Crippen LogP contribution in [-0.2, 0) is 4.79 Å². The number of amides is 1. The molecule has 4 aromatic rings. The van der Waals surface area contributed by atoms with Crippen molar-refractivity contribution >= 4 is 23.7 Å². The number of nitrogens with zero attached hydrogens (tertiary/aromatic N) is 6. The Morgan fingerprint density at radius 1 is 1.12 bits per heavy atom. The van der Waals surface area contributed by atoms with E-state index in [-0.39, 0.29) is 0 Å². The van der Waals surface area contributed by atoms with Crippen molar-refractivity contribution in [2.75, 3.05) is 13.6 Å². The number of pyridine rings is 1. The molecule has 172 valence electrons. The van der Waals surface area contributed by atoms with Gasteiger partial charge in [-0.05, 0) is 24.6 Å². The van der Waals surface area contributed by atoms with E-state index in [2.05, 4.69) is 34.4 Å². The summed E-state index contributed by atoms with van der Waals surface area (Å²) in [6, 6.07) is 13.8. The van der Waals surface area contributed by atoms with E-state index in [1.165, 1.54) is 24.6 Å². The first kappa shape index (κ1) is 24.6. The highest BCUT2D eigenvalue weighted by atomic mass is 32.2. The lowest BCUT2D eigenvalue weighted by Crippen LogP contribution is -2.16. The van der Waals surface area contributed by atoms with Crippen LogP contribution in [0.4, 0.5) is 0 Å². The number of aromatic amines is 1. The Hall–Kier alpha value is -4.08. The number of nitriles is 2. The van der Waals surface area contributed by atoms with Crippen LogP contribution in [0.2, 0.25) is 0 Å². The molecule has 0 unspecified atom stereocenters. The summed E-state index contributed by atoms with van der Waals surface area (Å²) in [7, 11) is 1.81. The molecule has 0 atom stereocenters. The first-order valence-corrected chi connectivity index (χ1v) is 11.7. The zero-order chi connectivity index (χ0) is 24.3. The molecule has 0 radical (unpaired) electrons. The van der Waals surface area contributed by atoms with Gasteiger partial charge in [-0.1, -0.05) is 43.7 Å². The van der Waals surface area contributed by atoms with Gasteiger partial charge in [0.2, 0.25) is 6.41 Å². The number of carbonyl (C=O) groups excluding carboxylic acids is 1. The third-order valence-corrected chi connectivity index (χ3v) is 6.16. The normalized spacial score (nSPS) is 10.1. The third kappa shape index (κ3) is 6.03. The Balaban J connectivity index is 0.000000309. The van der Waals surface area contributed by atoms with Gasteiger partial charge in [-0.2, -0.15) is 20.7 Å². The largest absolute Gasteiger partial charge is 0.348 e. The Morgan fingerprint density at radius 2 is 1.91 bits per heavy atom. The molecule has 1 amide bonds. The van der Waals surface area contributed by atoms with Gasteiger partial charge in [-0.15, -0.1) is 0 Å². The minimum Gasteiger partial charge on any atom is -0.348 e. The number of H-pyrrole nitrogens is 1. The summed E-state index contributed by atoms with van der Waals surface area (Å²) in [4.78, 5) is 13.4. The smallest absolute Gasteiger partial charge is 0.209 e. The van der Waals surface area contributed by atoms with Crippen LogP contribution in [0.5, 0.6) is 0 Å². The molecule has 1 N–H and O–H groups in total. The van der Waals surface area contributed by atoms with Crippen LogP contribution in [0, 0.1) is 22.7 Å². The van der Waals surface area contributed by atoms with Crippen molar-refractivity contribution < 1.29 is 4.79 Å². The molecule has 8 nitrogen and oxygen atoms in total. The van der Waals surface area contributed by atoms with Crippen molar-refractivity contribution in [1.82, 2.24) is 24.7 Å². The number of fused-ring (bicyclic) bond motifs is 1. The lowest BCUT2D eigenvalue weighted by Gasteiger charge is -2.09. The summed E-state index contributed by atoms with van der Waals surface area (Å²) in [5.41, 5.74) is 3.66. The number of aromatic nitrogens is 4. The summed E-state index contributed by atoms with van der Waals surface area (Å²) in [6.07, 6.45) is 11.4. The highest BCUT2D eigenvalue weighted by molar-refractivity contribution is 7.99. The number of benzene rings is 1. The molecule has 0 aliphatic heterocycles. The van der Waals surface area contributed by atoms with E-state index in [1.54, 1.807) is 34.1 Å². The Kier molecular flexibility index (Phi) is 8.84. The average Bonchev–Trinajstić information content (AvgIpc) is 3.55. The second-order valence-corrected chi connectivity index (χ2v) is 8.63. The zero-order valence-electron chi connectivity index (χ0n) is 19.1. The number of unbranched alkanes of at least 4 members (excludes halogenated alkanes) is 2. The molecule has 34 heavy (non-hydrogen) atoms. The van der Waals surface area contributed by atoms with E-state index >= 15 is 0 Å². The Labute approximate surface area is 202 Å². The summed E-state index contributed by atoms with van der Waals surface area (Å²) in [5.74, 6) is 0. The predicted octanol–water partition coefficient (Wildman–Crippen LogP) is 4.88. The van der Waals surface area contributed by atoms with Crippen molar-refractivity contribution in [3.63, 3.8) is 0 Å². The van der Waals surface area contributed by atoms with Gasteiger partial charge >= 0.3 is 0 Å². The fraction of sp³-hybridized carbons (Fsp3) is 0.240. The molecule has 4 rings (SSSR count). The van der Waals surface area contributed by atoms with Crippen molar-refractivity contribution in [1.29, 1.82) is 10.5 Å². The molecule has 0 saturated heterocycles. The lowest BCUT2D eigenvalue weighted by atomic mass is 10.1. The third-order valence-electron chi connectivity index (χ3n) is 5.05. The van der Waals surface area contributed by atoms with E-state index in [9.17, 15) is 15.3 Å². The summed E-state index contributed by atoms with van der Waals surface area (Å²) < 4.78 is 1.69. The fourth-order valence-corrected chi connectivity index (χ4v) is 4.33. The van der Waals surface area contributed by atoms with Gasteiger partial charge in [0.1, 0.15) is 12.1 Å². The minimum atomic E-state index is 0.496. The maximum Gasteiger partial charge on any atom is 0.209 e. The monoisotopic (exact) mass is 471 g/mol. The van der Waals surface area contributed by atoms with E-state index in [4.69, 9.17) is 0 Å². The molecule has 0 fully saturated rings. The molecule has 0 aliphatic carbocycles. The molecule has 0 aliphatic rings. The van der Waals surface area contributed by atoms with Crippen LogP contribution in [0.25, 0.3) is 16.6 Å². The molecule has 1 aromatic carbocycles. The topological polar surface area (TPSA) is 114 Å².